The maximum atomic E-state index is 12.8. The van der Waals surface area contributed by atoms with Gasteiger partial charge in [-0.15, -0.1) is 0 Å². The summed E-state index contributed by atoms with van der Waals surface area (Å²) in [6, 6.07) is 12.6. The molecule has 1 aromatic carbocycles. The minimum absolute atomic E-state index is 0.0554. The molecule has 114 valence electrons. The highest BCUT2D eigenvalue weighted by Crippen LogP contribution is 2.37. The van der Waals surface area contributed by atoms with Crippen molar-refractivity contribution in [2.75, 3.05) is 11.9 Å². The number of nitrogens with zero attached hydrogens (tertiary/aromatic N) is 1. The first kappa shape index (κ1) is 14.5. The van der Waals surface area contributed by atoms with Crippen LogP contribution in [0.15, 0.2) is 42.5 Å². The molecule has 5 heteroatoms. The van der Waals surface area contributed by atoms with Crippen molar-refractivity contribution in [2.45, 2.75) is 25.4 Å². The van der Waals surface area contributed by atoms with Crippen LogP contribution in [0.3, 0.4) is 0 Å². The minimum Gasteiger partial charge on any atom is -0.504 e. The van der Waals surface area contributed by atoms with E-state index in [-0.39, 0.29) is 17.5 Å². The third-order valence-electron chi connectivity index (χ3n) is 3.87. The summed E-state index contributed by atoms with van der Waals surface area (Å²) in [6.07, 6.45) is 1.42. The van der Waals surface area contributed by atoms with Gasteiger partial charge in [-0.3, -0.25) is 4.79 Å². The fourth-order valence-electron chi connectivity index (χ4n) is 2.73. The Morgan fingerprint density at radius 2 is 2.05 bits per heavy atom. The Balaban J connectivity index is 1.93. The van der Waals surface area contributed by atoms with E-state index in [4.69, 9.17) is 4.74 Å². The number of hydrogen-bond acceptors (Lipinski definition) is 4. The first-order valence-corrected chi connectivity index (χ1v) is 7.29. The van der Waals surface area contributed by atoms with Crippen LogP contribution in [0.5, 0.6) is 5.75 Å². The van der Waals surface area contributed by atoms with Crippen molar-refractivity contribution in [1.82, 2.24) is 4.98 Å². The van der Waals surface area contributed by atoms with Gasteiger partial charge in [-0.1, -0.05) is 30.3 Å². The molecule has 0 spiro atoms. The summed E-state index contributed by atoms with van der Waals surface area (Å²) in [5.41, 5.74) is 0.519. The number of anilines is 1. The molecule has 2 heterocycles. The van der Waals surface area contributed by atoms with Gasteiger partial charge in [0.05, 0.1) is 0 Å². The molecular formula is C17H18N2O3. The van der Waals surface area contributed by atoms with Crippen molar-refractivity contribution in [2.24, 2.45) is 0 Å². The van der Waals surface area contributed by atoms with Gasteiger partial charge in [0.2, 0.25) is 0 Å². The largest absolute Gasteiger partial charge is 0.504 e. The fourth-order valence-corrected chi connectivity index (χ4v) is 2.73. The highest BCUT2D eigenvalue weighted by Gasteiger charge is 2.44. The molecule has 3 rings (SSSR count). The number of nitrogens with one attached hydrogen (secondary N) is 1. The normalized spacial score (nSPS) is 20.8. The Hall–Kier alpha value is -2.40. The summed E-state index contributed by atoms with van der Waals surface area (Å²) >= 11 is 0. The Morgan fingerprint density at radius 3 is 2.73 bits per heavy atom. The van der Waals surface area contributed by atoms with Crippen LogP contribution in [0, 0.1) is 6.92 Å². The number of ether oxygens (including phenoxy) is 1. The Kier molecular flexibility index (Phi) is 3.81. The Labute approximate surface area is 129 Å². The van der Waals surface area contributed by atoms with Gasteiger partial charge in [-0.25, -0.2) is 4.98 Å². The highest BCUT2D eigenvalue weighted by molar-refractivity contribution is 5.98. The zero-order valence-electron chi connectivity index (χ0n) is 12.4. The fraction of sp³-hybridized carbons (Fsp3) is 0.294. The molecule has 1 fully saturated rings. The van der Waals surface area contributed by atoms with E-state index in [1.54, 1.807) is 13.0 Å². The van der Waals surface area contributed by atoms with E-state index in [1.807, 2.05) is 30.3 Å². The number of pyridine rings is 1. The lowest BCUT2D eigenvalue weighted by molar-refractivity contribution is -0.136. The summed E-state index contributed by atoms with van der Waals surface area (Å²) in [5.74, 6) is -0.194. The van der Waals surface area contributed by atoms with Crippen LogP contribution in [0.4, 0.5) is 5.82 Å². The van der Waals surface area contributed by atoms with Crippen LogP contribution >= 0.6 is 0 Å². The van der Waals surface area contributed by atoms with Gasteiger partial charge >= 0.3 is 0 Å². The molecule has 1 atom stereocenters. The molecule has 0 unspecified atom stereocenters. The molecular weight excluding hydrogens is 280 g/mol. The van der Waals surface area contributed by atoms with Crippen LogP contribution in [0.2, 0.25) is 0 Å². The highest BCUT2D eigenvalue weighted by atomic mass is 16.5. The topological polar surface area (TPSA) is 71.5 Å². The van der Waals surface area contributed by atoms with Crippen molar-refractivity contribution in [3.8, 4) is 5.75 Å². The smallest absolute Gasteiger partial charge is 0.262 e. The number of carbonyl (C=O) groups excluding carboxylic acids is 1. The predicted octanol–water partition coefficient (Wildman–Crippen LogP) is 2.74. The monoisotopic (exact) mass is 298 g/mol. The summed E-state index contributed by atoms with van der Waals surface area (Å²) < 4.78 is 5.81. The average molecular weight is 298 g/mol. The molecule has 0 radical (unpaired) electrons. The molecule has 1 amide bonds. The van der Waals surface area contributed by atoms with Crippen molar-refractivity contribution in [3.63, 3.8) is 0 Å². The quantitative estimate of drug-likeness (QED) is 0.914. The SMILES string of the molecule is Cc1ccc(O)c(NC(=O)[C@]2(c3ccccc3)CCCO2)n1. The molecule has 5 nitrogen and oxygen atoms in total. The van der Waals surface area contributed by atoms with Crippen LogP contribution < -0.4 is 5.32 Å². The van der Waals surface area contributed by atoms with Crippen LogP contribution in [-0.4, -0.2) is 22.6 Å². The summed E-state index contributed by atoms with van der Waals surface area (Å²) in [6.45, 7) is 2.34. The number of rotatable bonds is 3. The third-order valence-corrected chi connectivity index (χ3v) is 3.87. The van der Waals surface area contributed by atoms with Gasteiger partial charge < -0.3 is 15.2 Å². The molecule has 0 saturated carbocycles. The number of aromatic nitrogens is 1. The maximum Gasteiger partial charge on any atom is 0.262 e. The molecule has 0 aliphatic carbocycles. The molecule has 2 N–H and O–H groups in total. The second kappa shape index (κ2) is 5.77. The van der Waals surface area contributed by atoms with Crippen molar-refractivity contribution < 1.29 is 14.6 Å². The first-order valence-electron chi connectivity index (χ1n) is 7.29. The Morgan fingerprint density at radius 1 is 1.27 bits per heavy atom. The van der Waals surface area contributed by atoms with E-state index in [2.05, 4.69) is 10.3 Å². The van der Waals surface area contributed by atoms with Crippen molar-refractivity contribution >= 4 is 11.7 Å². The number of benzene rings is 1. The number of hydrogen-bond donors (Lipinski definition) is 2. The van der Waals surface area contributed by atoms with E-state index in [0.29, 0.717) is 18.7 Å². The van der Waals surface area contributed by atoms with Gasteiger partial charge in [-0.05, 0) is 37.5 Å². The van der Waals surface area contributed by atoms with Gasteiger partial charge in [0.15, 0.2) is 17.2 Å². The summed E-state index contributed by atoms with van der Waals surface area (Å²) in [7, 11) is 0. The van der Waals surface area contributed by atoms with Crippen LogP contribution in [0.1, 0.15) is 24.1 Å². The Bertz CT molecular complexity index is 680. The number of aromatic hydroxyl groups is 1. The molecule has 1 aliphatic rings. The zero-order chi connectivity index (χ0) is 15.6. The lowest BCUT2D eigenvalue weighted by Crippen LogP contribution is -2.40. The van der Waals surface area contributed by atoms with Crippen LogP contribution in [0.25, 0.3) is 0 Å². The second-order valence-electron chi connectivity index (χ2n) is 5.42. The lowest BCUT2D eigenvalue weighted by Gasteiger charge is -2.27. The first-order chi connectivity index (χ1) is 10.6. The zero-order valence-corrected chi connectivity index (χ0v) is 12.4. The van der Waals surface area contributed by atoms with Gasteiger partial charge in [-0.2, -0.15) is 0 Å². The average Bonchev–Trinajstić information content (AvgIpc) is 3.03. The summed E-state index contributed by atoms with van der Waals surface area (Å²) in [5, 5.41) is 12.6. The molecule has 2 aromatic rings. The van der Waals surface area contributed by atoms with Gasteiger partial charge in [0.25, 0.3) is 5.91 Å². The number of carbonyl (C=O) groups is 1. The second-order valence-corrected chi connectivity index (χ2v) is 5.42. The van der Waals surface area contributed by atoms with E-state index < -0.39 is 5.60 Å². The van der Waals surface area contributed by atoms with Gasteiger partial charge in [0.1, 0.15) is 0 Å². The van der Waals surface area contributed by atoms with E-state index >= 15 is 0 Å². The predicted molar refractivity (Wildman–Crippen MR) is 82.6 cm³/mol. The number of amides is 1. The molecule has 1 aliphatic heterocycles. The van der Waals surface area contributed by atoms with E-state index in [9.17, 15) is 9.90 Å². The maximum absolute atomic E-state index is 12.8. The number of aryl methyl sites for hydroxylation is 1. The molecule has 22 heavy (non-hydrogen) atoms. The lowest BCUT2D eigenvalue weighted by atomic mass is 9.90. The summed E-state index contributed by atoms with van der Waals surface area (Å²) in [4.78, 5) is 17.0. The van der Waals surface area contributed by atoms with E-state index in [1.165, 1.54) is 6.07 Å². The molecule has 1 aromatic heterocycles. The van der Waals surface area contributed by atoms with E-state index in [0.717, 1.165) is 12.0 Å². The van der Waals surface area contributed by atoms with Crippen molar-refractivity contribution in [3.05, 3.63) is 53.7 Å². The minimum atomic E-state index is -1.01. The van der Waals surface area contributed by atoms with Crippen LogP contribution in [-0.2, 0) is 15.1 Å². The van der Waals surface area contributed by atoms with Crippen molar-refractivity contribution in [1.29, 1.82) is 0 Å². The molecule has 0 bridgehead atoms. The molecule has 1 saturated heterocycles. The standard InChI is InChI=1S/C17H18N2O3/c1-12-8-9-14(20)15(18-12)19-16(21)17(10-5-11-22-17)13-6-3-2-4-7-13/h2-4,6-9,20H,5,10-11H2,1H3,(H,18,19,21)/t17-/m1/s1. The van der Waals surface area contributed by atoms with Gasteiger partial charge in [0, 0.05) is 12.3 Å². The third kappa shape index (κ3) is 2.55.